The topological polar surface area (TPSA) is 41.6 Å². The molecule has 76 valence electrons. The Kier molecular flexibility index (Phi) is 4.83. The fourth-order valence-electron chi connectivity index (χ4n) is 1.68. The number of hydrogen-bond donors (Lipinski definition) is 1. The first-order valence-electron chi connectivity index (χ1n) is 5.34. The molecule has 0 aromatic heterocycles. The van der Waals surface area contributed by atoms with Gasteiger partial charge in [-0.3, -0.25) is 4.99 Å². The third kappa shape index (κ3) is 4.27. The molecule has 1 aliphatic rings. The molecule has 0 bridgehead atoms. The van der Waals surface area contributed by atoms with Gasteiger partial charge >= 0.3 is 0 Å². The lowest BCUT2D eigenvalue weighted by Crippen LogP contribution is -2.23. The van der Waals surface area contributed by atoms with E-state index in [1.807, 2.05) is 0 Å². The minimum absolute atomic E-state index is 0.821. The molecule has 1 saturated heterocycles. The maximum atomic E-state index is 5.70. The first-order chi connectivity index (χ1) is 6.33. The highest BCUT2D eigenvalue weighted by Gasteiger charge is 2.09. The van der Waals surface area contributed by atoms with E-state index in [2.05, 4.69) is 16.8 Å². The van der Waals surface area contributed by atoms with Gasteiger partial charge < -0.3 is 10.6 Å². The molecular formula is C10H21N3. The van der Waals surface area contributed by atoms with Crippen molar-refractivity contribution < 1.29 is 0 Å². The molecule has 3 nitrogen and oxygen atoms in total. The van der Waals surface area contributed by atoms with Crippen LogP contribution >= 0.6 is 0 Å². The molecule has 0 atom stereocenters. The van der Waals surface area contributed by atoms with Gasteiger partial charge in [0.1, 0.15) is 0 Å². The molecule has 0 unspecified atom stereocenters. The Hall–Kier alpha value is -0.570. The van der Waals surface area contributed by atoms with Gasteiger partial charge in [0.05, 0.1) is 12.4 Å². The average Bonchev–Trinajstić information content (AvgIpc) is 2.57. The quantitative estimate of drug-likeness (QED) is 0.514. The highest BCUT2D eigenvalue weighted by atomic mass is 15.1. The van der Waals surface area contributed by atoms with E-state index in [0.717, 1.165) is 31.8 Å². The van der Waals surface area contributed by atoms with E-state index in [-0.39, 0.29) is 0 Å². The molecule has 1 fully saturated rings. The molecule has 0 spiro atoms. The van der Waals surface area contributed by atoms with Crippen molar-refractivity contribution in [1.82, 2.24) is 4.90 Å². The van der Waals surface area contributed by atoms with Crippen molar-refractivity contribution in [1.29, 1.82) is 0 Å². The summed E-state index contributed by atoms with van der Waals surface area (Å²) in [6, 6.07) is 0. The van der Waals surface area contributed by atoms with Crippen LogP contribution in [0.5, 0.6) is 0 Å². The second-order valence-electron chi connectivity index (χ2n) is 3.67. The van der Waals surface area contributed by atoms with Crippen LogP contribution in [0.4, 0.5) is 0 Å². The Morgan fingerprint density at radius 2 is 2.08 bits per heavy atom. The SMILES string of the molecule is CCCC(N)=NCCN1CCCC1. The maximum absolute atomic E-state index is 5.70. The van der Waals surface area contributed by atoms with Crippen LogP contribution in [-0.2, 0) is 0 Å². The summed E-state index contributed by atoms with van der Waals surface area (Å²) in [6.45, 7) is 6.60. The van der Waals surface area contributed by atoms with Crippen LogP contribution in [-0.4, -0.2) is 36.9 Å². The number of aliphatic imine (C=N–C) groups is 1. The van der Waals surface area contributed by atoms with Crippen molar-refractivity contribution in [2.75, 3.05) is 26.2 Å². The highest BCUT2D eigenvalue weighted by Crippen LogP contribution is 2.05. The predicted molar refractivity (Wildman–Crippen MR) is 57.1 cm³/mol. The van der Waals surface area contributed by atoms with E-state index in [1.54, 1.807) is 0 Å². The molecule has 13 heavy (non-hydrogen) atoms. The molecule has 3 heteroatoms. The number of amidine groups is 1. The second-order valence-corrected chi connectivity index (χ2v) is 3.67. The lowest BCUT2D eigenvalue weighted by Gasteiger charge is -2.12. The smallest absolute Gasteiger partial charge is 0.0937 e. The Morgan fingerprint density at radius 1 is 1.38 bits per heavy atom. The molecule has 0 aromatic carbocycles. The molecule has 1 rings (SSSR count). The van der Waals surface area contributed by atoms with E-state index in [4.69, 9.17) is 5.73 Å². The van der Waals surface area contributed by atoms with E-state index >= 15 is 0 Å². The molecular weight excluding hydrogens is 162 g/mol. The van der Waals surface area contributed by atoms with Crippen LogP contribution in [0.1, 0.15) is 32.6 Å². The van der Waals surface area contributed by atoms with Crippen molar-refractivity contribution in [3.8, 4) is 0 Å². The molecule has 0 saturated carbocycles. The summed E-state index contributed by atoms with van der Waals surface area (Å²) in [7, 11) is 0. The van der Waals surface area contributed by atoms with Crippen molar-refractivity contribution in [3.05, 3.63) is 0 Å². The van der Waals surface area contributed by atoms with Crippen molar-refractivity contribution in [2.24, 2.45) is 10.7 Å². The maximum Gasteiger partial charge on any atom is 0.0937 e. The predicted octanol–water partition coefficient (Wildman–Crippen LogP) is 1.24. The van der Waals surface area contributed by atoms with E-state index in [1.165, 1.54) is 25.9 Å². The highest BCUT2D eigenvalue weighted by molar-refractivity contribution is 5.80. The number of likely N-dealkylation sites (tertiary alicyclic amines) is 1. The summed E-state index contributed by atoms with van der Waals surface area (Å²) in [5.74, 6) is 0.821. The van der Waals surface area contributed by atoms with Gasteiger partial charge in [0.25, 0.3) is 0 Å². The van der Waals surface area contributed by atoms with Gasteiger partial charge in [-0.05, 0) is 32.4 Å². The van der Waals surface area contributed by atoms with Crippen molar-refractivity contribution >= 4 is 5.84 Å². The molecule has 1 aliphatic heterocycles. The first kappa shape index (κ1) is 10.5. The van der Waals surface area contributed by atoms with Crippen LogP contribution in [0.15, 0.2) is 4.99 Å². The molecule has 0 radical (unpaired) electrons. The number of nitrogens with two attached hydrogens (primary N) is 1. The lowest BCUT2D eigenvalue weighted by atomic mass is 10.3. The fourth-order valence-corrected chi connectivity index (χ4v) is 1.68. The average molecular weight is 183 g/mol. The third-order valence-corrected chi connectivity index (χ3v) is 2.44. The number of rotatable bonds is 5. The van der Waals surface area contributed by atoms with Gasteiger partial charge in [-0.25, -0.2) is 0 Å². The molecule has 0 aliphatic carbocycles. The van der Waals surface area contributed by atoms with Gasteiger partial charge in [-0.1, -0.05) is 6.92 Å². The Morgan fingerprint density at radius 3 is 2.69 bits per heavy atom. The summed E-state index contributed by atoms with van der Waals surface area (Å²) in [5, 5.41) is 0. The van der Waals surface area contributed by atoms with E-state index in [0.29, 0.717) is 0 Å². The van der Waals surface area contributed by atoms with Crippen LogP contribution in [0.2, 0.25) is 0 Å². The number of nitrogens with zero attached hydrogens (tertiary/aromatic N) is 2. The Bertz CT molecular complexity index is 160. The zero-order valence-electron chi connectivity index (χ0n) is 8.63. The van der Waals surface area contributed by atoms with Gasteiger partial charge in [0.2, 0.25) is 0 Å². The zero-order valence-corrected chi connectivity index (χ0v) is 8.63. The standard InChI is InChI=1S/C10H21N3/c1-2-5-10(11)12-6-9-13-7-3-4-8-13/h2-9H2,1H3,(H2,11,12). The van der Waals surface area contributed by atoms with Crippen molar-refractivity contribution in [3.63, 3.8) is 0 Å². The molecule has 0 aromatic rings. The summed E-state index contributed by atoms with van der Waals surface area (Å²) in [6.07, 6.45) is 4.75. The monoisotopic (exact) mass is 183 g/mol. The minimum Gasteiger partial charge on any atom is -0.387 e. The number of hydrogen-bond acceptors (Lipinski definition) is 2. The minimum atomic E-state index is 0.821. The summed E-state index contributed by atoms with van der Waals surface area (Å²) < 4.78 is 0. The van der Waals surface area contributed by atoms with E-state index < -0.39 is 0 Å². The van der Waals surface area contributed by atoms with Gasteiger partial charge in [-0.2, -0.15) is 0 Å². The van der Waals surface area contributed by atoms with Gasteiger partial charge in [-0.15, -0.1) is 0 Å². The summed E-state index contributed by atoms with van der Waals surface area (Å²) in [5.41, 5.74) is 5.70. The lowest BCUT2D eigenvalue weighted by molar-refractivity contribution is 0.349. The second kappa shape index (κ2) is 5.97. The molecule has 1 heterocycles. The largest absolute Gasteiger partial charge is 0.387 e. The van der Waals surface area contributed by atoms with Gasteiger partial charge in [0.15, 0.2) is 0 Å². The third-order valence-electron chi connectivity index (χ3n) is 2.44. The van der Waals surface area contributed by atoms with Crippen LogP contribution in [0, 0.1) is 0 Å². The summed E-state index contributed by atoms with van der Waals surface area (Å²) in [4.78, 5) is 6.79. The summed E-state index contributed by atoms with van der Waals surface area (Å²) >= 11 is 0. The van der Waals surface area contributed by atoms with Crippen LogP contribution in [0.3, 0.4) is 0 Å². The normalized spacial score (nSPS) is 19.6. The van der Waals surface area contributed by atoms with Crippen molar-refractivity contribution in [2.45, 2.75) is 32.6 Å². The molecule has 0 amide bonds. The Labute approximate surface area is 81.0 Å². The Balaban J connectivity index is 2.07. The zero-order chi connectivity index (χ0) is 9.52. The fraction of sp³-hybridized carbons (Fsp3) is 0.900. The van der Waals surface area contributed by atoms with Gasteiger partial charge in [0, 0.05) is 13.0 Å². The van der Waals surface area contributed by atoms with E-state index in [9.17, 15) is 0 Å². The van der Waals surface area contributed by atoms with Crippen LogP contribution < -0.4 is 5.73 Å². The first-order valence-corrected chi connectivity index (χ1v) is 5.34. The molecule has 2 N–H and O–H groups in total. The van der Waals surface area contributed by atoms with Crippen LogP contribution in [0.25, 0.3) is 0 Å².